The van der Waals surface area contributed by atoms with Crippen LogP contribution in [0.1, 0.15) is 13.8 Å². The molecular formula is C13H16N4O. The van der Waals surface area contributed by atoms with E-state index < -0.39 is 0 Å². The molecule has 0 saturated heterocycles. The fraction of sp³-hybridized carbons (Fsp3) is 0.385. The number of aromatic nitrogens is 1. The van der Waals surface area contributed by atoms with Gasteiger partial charge in [0.15, 0.2) is 5.58 Å². The van der Waals surface area contributed by atoms with Gasteiger partial charge in [-0.25, -0.2) is 0 Å². The topological polar surface area (TPSA) is 79.1 Å². The van der Waals surface area contributed by atoms with Crippen molar-refractivity contribution < 1.29 is 4.42 Å². The highest BCUT2D eigenvalue weighted by atomic mass is 16.4. The fourth-order valence-electron chi connectivity index (χ4n) is 1.78. The number of nitriles is 1. The van der Waals surface area contributed by atoms with Gasteiger partial charge in [0.05, 0.1) is 12.0 Å². The minimum absolute atomic E-state index is 0.0648. The average Bonchev–Trinajstić information content (AvgIpc) is 2.78. The molecule has 0 fully saturated rings. The summed E-state index contributed by atoms with van der Waals surface area (Å²) in [5.74, 6) is -0.0648. The molecule has 0 radical (unpaired) electrons. The van der Waals surface area contributed by atoms with Crippen molar-refractivity contribution in [1.82, 2.24) is 4.98 Å². The third kappa shape index (κ3) is 2.38. The SMILES string of the molecule is CCN(CC(C)C#N)c1nc2cc(N)ccc2o1. The number of benzene rings is 1. The molecule has 0 spiro atoms. The van der Waals surface area contributed by atoms with Crippen molar-refractivity contribution in [2.45, 2.75) is 13.8 Å². The van der Waals surface area contributed by atoms with Crippen LogP contribution in [-0.2, 0) is 0 Å². The number of nitrogen functional groups attached to an aromatic ring is 1. The zero-order chi connectivity index (χ0) is 13.1. The molecule has 2 N–H and O–H groups in total. The number of nitrogens with two attached hydrogens (primary N) is 1. The summed E-state index contributed by atoms with van der Waals surface area (Å²) >= 11 is 0. The van der Waals surface area contributed by atoms with Gasteiger partial charge in [0, 0.05) is 18.8 Å². The molecule has 18 heavy (non-hydrogen) atoms. The van der Waals surface area contributed by atoms with Crippen LogP contribution in [0, 0.1) is 17.2 Å². The number of hydrogen-bond acceptors (Lipinski definition) is 5. The summed E-state index contributed by atoms with van der Waals surface area (Å²) in [7, 11) is 0. The number of anilines is 2. The summed E-state index contributed by atoms with van der Waals surface area (Å²) in [6.07, 6.45) is 0. The Balaban J connectivity index is 2.31. The third-order valence-corrected chi connectivity index (χ3v) is 2.77. The van der Waals surface area contributed by atoms with Gasteiger partial charge in [-0.3, -0.25) is 0 Å². The Labute approximate surface area is 106 Å². The Kier molecular flexibility index (Phi) is 3.38. The summed E-state index contributed by atoms with van der Waals surface area (Å²) in [4.78, 5) is 6.35. The molecule has 0 amide bonds. The van der Waals surface area contributed by atoms with Gasteiger partial charge in [0.25, 0.3) is 6.01 Å². The standard InChI is InChI=1S/C13H16N4O/c1-3-17(8-9(2)7-14)13-16-11-6-10(15)4-5-12(11)18-13/h4-6,9H,3,8,15H2,1-2H3. The molecule has 0 aliphatic carbocycles. The van der Waals surface area contributed by atoms with Gasteiger partial charge in [0.2, 0.25) is 0 Å². The van der Waals surface area contributed by atoms with E-state index in [9.17, 15) is 0 Å². The molecule has 1 atom stereocenters. The Bertz CT molecular complexity index is 584. The summed E-state index contributed by atoms with van der Waals surface area (Å²) < 4.78 is 5.67. The van der Waals surface area contributed by atoms with Crippen LogP contribution in [0.25, 0.3) is 11.1 Å². The zero-order valence-corrected chi connectivity index (χ0v) is 10.6. The predicted molar refractivity (Wildman–Crippen MR) is 71.1 cm³/mol. The second kappa shape index (κ2) is 4.96. The largest absolute Gasteiger partial charge is 0.423 e. The molecule has 5 nitrogen and oxygen atoms in total. The van der Waals surface area contributed by atoms with Crippen molar-refractivity contribution in [3.8, 4) is 6.07 Å². The Hall–Kier alpha value is -2.22. The molecule has 0 aliphatic heterocycles. The molecule has 1 aromatic carbocycles. The molecule has 2 rings (SSSR count). The summed E-state index contributed by atoms with van der Waals surface area (Å²) in [6.45, 7) is 5.24. The van der Waals surface area contributed by atoms with Crippen molar-refractivity contribution in [2.24, 2.45) is 5.92 Å². The second-order valence-electron chi connectivity index (χ2n) is 4.29. The van der Waals surface area contributed by atoms with E-state index in [0.717, 1.165) is 12.1 Å². The van der Waals surface area contributed by atoms with E-state index in [1.807, 2.05) is 24.8 Å². The maximum atomic E-state index is 8.86. The minimum Gasteiger partial charge on any atom is -0.423 e. The molecule has 1 heterocycles. The van der Waals surface area contributed by atoms with E-state index in [2.05, 4.69) is 11.1 Å². The first kappa shape index (κ1) is 12.2. The van der Waals surface area contributed by atoms with E-state index >= 15 is 0 Å². The van der Waals surface area contributed by atoms with E-state index in [0.29, 0.717) is 23.8 Å². The van der Waals surface area contributed by atoms with Crippen LogP contribution in [0.2, 0.25) is 0 Å². The van der Waals surface area contributed by atoms with Crippen molar-refractivity contribution in [3.63, 3.8) is 0 Å². The molecule has 5 heteroatoms. The van der Waals surface area contributed by atoms with Crippen LogP contribution in [0.4, 0.5) is 11.7 Å². The van der Waals surface area contributed by atoms with Crippen LogP contribution in [0.5, 0.6) is 0 Å². The molecule has 1 aromatic heterocycles. The van der Waals surface area contributed by atoms with Crippen molar-refractivity contribution in [3.05, 3.63) is 18.2 Å². The fourth-order valence-corrected chi connectivity index (χ4v) is 1.78. The molecule has 0 saturated carbocycles. The number of hydrogen-bond donors (Lipinski definition) is 1. The number of oxazole rings is 1. The molecule has 94 valence electrons. The quantitative estimate of drug-likeness (QED) is 0.835. The van der Waals surface area contributed by atoms with E-state index in [-0.39, 0.29) is 5.92 Å². The highest BCUT2D eigenvalue weighted by Crippen LogP contribution is 2.24. The van der Waals surface area contributed by atoms with Gasteiger partial charge < -0.3 is 15.1 Å². The van der Waals surface area contributed by atoms with E-state index in [4.69, 9.17) is 15.4 Å². The van der Waals surface area contributed by atoms with Crippen LogP contribution in [0.3, 0.4) is 0 Å². The molecule has 0 bridgehead atoms. The van der Waals surface area contributed by atoms with Crippen molar-refractivity contribution >= 4 is 22.8 Å². The van der Waals surface area contributed by atoms with Crippen LogP contribution >= 0.6 is 0 Å². The highest BCUT2D eigenvalue weighted by molar-refractivity contribution is 5.78. The van der Waals surface area contributed by atoms with E-state index in [1.54, 1.807) is 12.1 Å². The monoisotopic (exact) mass is 244 g/mol. The van der Waals surface area contributed by atoms with E-state index in [1.165, 1.54) is 0 Å². The Morgan fingerprint density at radius 1 is 1.56 bits per heavy atom. The van der Waals surface area contributed by atoms with Gasteiger partial charge in [0.1, 0.15) is 5.52 Å². The number of nitrogens with zero attached hydrogens (tertiary/aromatic N) is 3. The second-order valence-corrected chi connectivity index (χ2v) is 4.29. The third-order valence-electron chi connectivity index (χ3n) is 2.77. The van der Waals surface area contributed by atoms with Gasteiger partial charge in [-0.05, 0) is 32.0 Å². The maximum absolute atomic E-state index is 8.86. The van der Waals surface area contributed by atoms with Crippen LogP contribution < -0.4 is 10.6 Å². The van der Waals surface area contributed by atoms with Crippen LogP contribution in [-0.4, -0.2) is 18.1 Å². The smallest absolute Gasteiger partial charge is 0.298 e. The van der Waals surface area contributed by atoms with Gasteiger partial charge in [-0.2, -0.15) is 10.2 Å². The molecule has 2 aromatic rings. The van der Waals surface area contributed by atoms with Crippen molar-refractivity contribution in [2.75, 3.05) is 23.7 Å². The summed E-state index contributed by atoms with van der Waals surface area (Å²) in [6, 6.07) is 8.13. The lowest BCUT2D eigenvalue weighted by Crippen LogP contribution is -2.27. The normalized spacial score (nSPS) is 12.3. The summed E-state index contributed by atoms with van der Waals surface area (Å²) in [5.41, 5.74) is 7.82. The Morgan fingerprint density at radius 2 is 2.33 bits per heavy atom. The minimum atomic E-state index is -0.0648. The zero-order valence-electron chi connectivity index (χ0n) is 10.6. The first-order chi connectivity index (χ1) is 8.63. The number of rotatable bonds is 4. The van der Waals surface area contributed by atoms with Crippen LogP contribution in [0.15, 0.2) is 22.6 Å². The average molecular weight is 244 g/mol. The maximum Gasteiger partial charge on any atom is 0.298 e. The lowest BCUT2D eigenvalue weighted by atomic mass is 10.2. The van der Waals surface area contributed by atoms with Gasteiger partial charge in [-0.15, -0.1) is 0 Å². The lowest BCUT2D eigenvalue weighted by Gasteiger charge is -2.19. The highest BCUT2D eigenvalue weighted by Gasteiger charge is 2.15. The first-order valence-electron chi connectivity index (χ1n) is 5.94. The first-order valence-corrected chi connectivity index (χ1v) is 5.94. The van der Waals surface area contributed by atoms with Gasteiger partial charge in [-0.1, -0.05) is 0 Å². The molecule has 0 aliphatic rings. The summed E-state index contributed by atoms with van der Waals surface area (Å²) in [5, 5.41) is 8.86. The molecular weight excluding hydrogens is 228 g/mol. The van der Waals surface area contributed by atoms with Crippen molar-refractivity contribution in [1.29, 1.82) is 5.26 Å². The number of fused-ring (bicyclic) bond motifs is 1. The molecule has 1 unspecified atom stereocenters. The van der Waals surface area contributed by atoms with Gasteiger partial charge >= 0.3 is 0 Å². The predicted octanol–water partition coefficient (Wildman–Crippen LogP) is 2.40. The Morgan fingerprint density at radius 3 is 3.00 bits per heavy atom. The lowest BCUT2D eigenvalue weighted by molar-refractivity contribution is 0.552.